The van der Waals surface area contributed by atoms with E-state index in [0.717, 1.165) is 21.3 Å². The van der Waals surface area contributed by atoms with Crippen molar-refractivity contribution in [3.8, 4) is 23.0 Å². The van der Waals surface area contributed by atoms with Crippen LogP contribution in [0.5, 0.6) is 23.0 Å². The number of Topliss-reactive ketones (excluding diaryl/α,β-unsaturated/α-hetero) is 1. The highest BCUT2D eigenvalue weighted by Gasteiger charge is 2.28. The van der Waals surface area contributed by atoms with Gasteiger partial charge in [0.2, 0.25) is 5.78 Å². The summed E-state index contributed by atoms with van der Waals surface area (Å²) < 4.78 is 23.3. The minimum atomic E-state index is -0.177. The van der Waals surface area contributed by atoms with Crippen molar-refractivity contribution in [3.63, 3.8) is 0 Å². The molecule has 1 aliphatic rings. The quantitative estimate of drug-likeness (QED) is 0.438. The molecule has 0 spiro atoms. The molecule has 152 valence electrons. The van der Waals surface area contributed by atoms with E-state index in [0.29, 0.717) is 29.4 Å². The van der Waals surface area contributed by atoms with Crippen molar-refractivity contribution in [3.05, 3.63) is 87.6 Å². The second-order valence-electron chi connectivity index (χ2n) is 6.58. The standard InChI is InChI=1S/C24H19BrO5/c1-27-20-6-4-3-5-15(20)14-29-18-8-9-19-22(13-18)30-23(24(19)26)12-16-11-17(25)7-10-21(16)28-2/h3-13H,14H2,1-2H3/b23-12-. The van der Waals surface area contributed by atoms with E-state index in [1.54, 1.807) is 38.5 Å². The van der Waals surface area contributed by atoms with Crippen LogP contribution in [0.1, 0.15) is 21.5 Å². The number of hydrogen-bond donors (Lipinski definition) is 0. The number of allylic oxidation sites excluding steroid dienone is 1. The highest BCUT2D eigenvalue weighted by molar-refractivity contribution is 9.10. The fraction of sp³-hybridized carbons (Fsp3) is 0.125. The third kappa shape index (κ3) is 4.04. The minimum Gasteiger partial charge on any atom is -0.496 e. The average Bonchev–Trinajstić information content (AvgIpc) is 3.07. The van der Waals surface area contributed by atoms with Crippen molar-refractivity contribution < 1.29 is 23.7 Å². The second kappa shape index (κ2) is 8.63. The summed E-state index contributed by atoms with van der Waals surface area (Å²) in [7, 11) is 3.21. The van der Waals surface area contributed by atoms with Crippen molar-refractivity contribution in [2.75, 3.05) is 14.2 Å². The molecule has 0 N–H and O–H groups in total. The molecule has 4 rings (SSSR count). The number of ketones is 1. The fourth-order valence-electron chi connectivity index (χ4n) is 3.20. The van der Waals surface area contributed by atoms with Gasteiger partial charge < -0.3 is 18.9 Å². The van der Waals surface area contributed by atoms with Crippen LogP contribution in [-0.4, -0.2) is 20.0 Å². The first-order valence-corrected chi connectivity index (χ1v) is 10.0. The number of benzene rings is 3. The topological polar surface area (TPSA) is 54.0 Å². The van der Waals surface area contributed by atoms with Gasteiger partial charge in [-0.15, -0.1) is 0 Å². The smallest absolute Gasteiger partial charge is 0.231 e. The Balaban J connectivity index is 1.55. The molecule has 0 aliphatic carbocycles. The molecule has 0 aromatic heterocycles. The number of para-hydroxylation sites is 1. The van der Waals surface area contributed by atoms with Gasteiger partial charge in [0.15, 0.2) is 5.76 Å². The van der Waals surface area contributed by atoms with Crippen LogP contribution in [0.25, 0.3) is 6.08 Å². The molecule has 0 radical (unpaired) electrons. The second-order valence-corrected chi connectivity index (χ2v) is 7.50. The monoisotopic (exact) mass is 466 g/mol. The number of halogens is 1. The Bertz CT molecular complexity index is 1140. The van der Waals surface area contributed by atoms with Crippen LogP contribution in [0.4, 0.5) is 0 Å². The Morgan fingerprint density at radius 3 is 2.57 bits per heavy atom. The Morgan fingerprint density at radius 2 is 1.77 bits per heavy atom. The molecular weight excluding hydrogens is 448 g/mol. The molecule has 3 aromatic rings. The molecule has 30 heavy (non-hydrogen) atoms. The van der Waals surface area contributed by atoms with Gasteiger partial charge in [-0.1, -0.05) is 34.1 Å². The summed E-state index contributed by atoms with van der Waals surface area (Å²) in [6.45, 7) is 0.342. The molecule has 1 heterocycles. The number of carbonyl (C=O) groups excluding carboxylic acids is 1. The fourth-order valence-corrected chi connectivity index (χ4v) is 3.58. The number of methoxy groups -OCH3 is 2. The summed E-state index contributed by atoms with van der Waals surface area (Å²) in [4.78, 5) is 12.8. The lowest BCUT2D eigenvalue weighted by molar-refractivity contribution is 0.101. The van der Waals surface area contributed by atoms with Crippen LogP contribution >= 0.6 is 15.9 Å². The molecule has 6 heteroatoms. The maximum Gasteiger partial charge on any atom is 0.231 e. The van der Waals surface area contributed by atoms with Gasteiger partial charge in [-0.25, -0.2) is 0 Å². The number of carbonyl (C=O) groups is 1. The molecule has 0 bridgehead atoms. The van der Waals surface area contributed by atoms with Crippen molar-refractivity contribution >= 4 is 27.8 Å². The predicted molar refractivity (Wildman–Crippen MR) is 117 cm³/mol. The molecule has 3 aromatic carbocycles. The predicted octanol–water partition coefficient (Wildman–Crippen LogP) is 5.66. The molecule has 0 saturated carbocycles. The van der Waals surface area contributed by atoms with Crippen molar-refractivity contribution in [1.82, 2.24) is 0 Å². The minimum absolute atomic E-state index is 0.177. The van der Waals surface area contributed by atoms with E-state index in [-0.39, 0.29) is 11.5 Å². The molecule has 0 saturated heterocycles. The van der Waals surface area contributed by atoms with Gasteiger partial charge >= 0.3 is 0 Å². The summed E-state index contributed by atoms with van der Waals surface area (Å²) in [5, 5.41) is 0. The summed E-state index contributed by atoms with van der Waals surface area (Å²) in [5.74, 6) is 2.55. The zero-order valence-electron chi connectivity index (χ0n) is 16.5. The lowest BCUT2D eigenvalue weighted by Crippen LogP contribution is -1.99. The van der Waals surface area contributed by atoms with Gasteiger partial charge in [-0.05, 0) is 42.5 Å². The molecule has 0 amide bonds. The van der Waals surface area contributed by atoms with Gasteiger partial charge in [-0.2, -0.15) is 0 Å². The molecule has 0 fully saturated rings. The van der Waals surface area contributed by atoms with Gasteiger partial charge in [0.05, 0.1) is 19.8 Å². The Labute approximate surface area is 183 Å². The third-order valence-electron chi connectivity index (χ3n) is 4.71. The first-order chi connectivity index (χ1) is 14.6. The molecule has 5 nitrogen and oxygen atoms in total. The van der Waals surface area contributed by atoms with Gasteiger partial charge in [0.25, 0.3) is 0 Å². The number of hydrogen-bond acceptors (Lipinski definition) is 5. The summed E-state index contributed by atoms with van der Waals surface area (Å²) in [6, 6.07) is 18.4. The zero-order valence-corrected chi connectivity index (χ0v) is 18.1. The SMILES string of the molecule is COc1ccc(Br)cc1/C=C1\Oc2cc(OCc3ccccc3OC)ccc2C1=O. The maximum absolute atomic E-state index is 12.8. The van der Waals surface area contributed by atoms with Crippen molar-refractivity contribution in [2.24, 2.45) is 0 Å². The van der Waals surface area contributed by atoms with E-state index in [1.807, 2.05) is 42.5 Å². The van der Waals surface area contributed by atoms with E-state index in [4.69, 9.17) is 18.9 Å². The maximum atomic E-state index is 12.8. The summed E-state index contributed by atoms with van der Waals surface area (Å²) in [5.41, 5.74) is 2.18. The number of rotatable bonds is 6. The summed E-state index contributed by atoms with van der Waals surface area (Å²) in [6.07, 6.45) is 1.68. The van der Waals surface area contributed by atoms with Gasteiger partial charge in [0, 0.05) is 21.7 Å². The van der Waals surface area contributed by atoms with E-state index in [9.17, 15) is 4.79 Å². The largest absolute Gasteiger partial charge is 0.496 e. The molecule has 0 atom stereocenters. The van der Waals surface area contributed by atoms with E-state index >= 15 is 0 Å². The van der Waals surface area contributed by atoms with Crippen LogP contribution in [0, 0.1) is 0 Å². The highest BCUT2D eigenvalue weighted by atomic mass is 79.9. The first kappa shape index (κ1) is 20.0. The zero-order chi connectivity index (χ0) is 21.1. The molecule has 0 unspecified atom stereocenters. The van der Waals surface area contributed by atoms with Crippen LogP contribution in [0.15, 0.2) is 70.9 Å². The highest BCUT2D eigenvalue weighted by Crippen LogP contribution is 2.36. The Hall–Kier alpha value is -3.25. The normalized spacial score (nSPS) is 13.7. The van der Waals surface area contributed by atoms with E-state index in [1.165, 1.54) is 0 Å². The third-order valence-corrected chi connectivity index (χ3v) is 5.20. The first-order valence-electron chi connectivity index (χ1n) is 9.25. The van der Waals surface area contributed by atoms with Gasteiger partial charge in [0.1, 0.15) is 29.6 Å². The van der Waals surface area contributed by atoms with Crippen LogP contribution in [0.3, 0.4) is 0 Å². The van der Waals surface area contributed by atoms with Crippen molar-refractivity contribution in [2.45, 2.75) is 6.61 Å². The lowest BCUT2D eigenvalue weighted by Gasteiger charge is -2.10. The number of ether oxygens (including phenoxy) is 4. The Kier molecular flexibility index (Phi) is 5.77. The van der Waals surface area contributed by atoms with Crippen LogP contribution in [0.2, 0.25) is 0 Å². The van der Waals surface area contributed by atoms with Gasteiger partial charge in [-0.3, -0.25) is 4.79 Å². The average molecular weight is 467 g/mol. The van der Waals surface area contributed by atoms with Crippen molar-refractivity contribution in [1.29, 1.82) is 0 Å². The molecule has 1 aliphatic heterocycles. The van der Waals surface area contributed by atoms with E-state index in [2.05, 4.69) is 15.9 Å². The van der Waals surface area contributed by atoms with E-state index < -0.39 is 0 Å². The lowest BCUT2D eigenvalue weighted by atomic mass is 10.1. The van der Waals surface area contributed by atoms with Crippen LogP contribution < -0.4 is 18.9 Å². The Morgan fingerprint density at radius 1 is 0.967 bits per heavy atom. The number of fused-ring (bicyclic) bond motifs is 1. The molecular formula is C24H19BrO5. The summed E-state index contributed by atoms with van der Waals surface area (Å²) >= 11 is 3.44. The van der Waals surface area contributed by atoms with Crippen LogP contribution in [-0.2, 0) is 6.61 Å².